The lowest BCUT2D eigenvalue weighted by molar-refractivity contribution is 0.995. The zero-order chi connectivity index (χ0) is 9.52. The van der Waals surface area contributed by atoms with Gasteiger partial charge in [0.2, 0.25) is 0 Å². The zero-order valence-corrected chi connectivity index (χ0v) is 7.44. The second-order valence-electron chi connectivity index (χ2n) is 2.60. The molecule has 5 heteroatoms. The maximum absolute atomic E-state index is 8.01. The number of aromatic nitrogens is 2. The highest BCUT2D eigenvalue weighted by atomic mass is 15.1. The number of H-pyrrole nitrogens is 1. The summed E-state index contributed by atoms with van der Waals surface area (Å²) in [7, 11) is 0. The summed E-state index contributed by atoms with van der Waals surface area (Å²) in [5, 5.41) is 10.1. The summed E-state index contributed by atoms with van der Waals surface area (Å²) in [6, 6.07) is 0. The van der Waals surface area contributed by atoms with Gasteiger partial charge in [0.25, 0.3) is 0 Å². The summed E-state index contributed by atoms with van der Waals surface area (Å²) in [5.41, 5.74) is 10.1. The molecule has 0 aromatic carbocycles. The number of nitrogens with one attached hydrogen (secondary N) is 1. The Hall–Kier alpha value is -1.74. The van der Waals surface area contributed by atoms with Crippen molar-refractivity contribution in [2.24, 2.45) is 5.11 Å². The van der Waals surface area contributed by atoms with Gasteiger partial charge >= 0.3 is 0 Å². The van der Waals surface area contributed by atoms with Crippen LogP contribution in [0.2, 0.25) is 0 Å². The van der Waals surface area contributed by atoms with Gasteiger partial charge in [0.15, 0.2) is 0 Å². The highest BCUT2D eigenvalue weighted by Crippen LogP contribution is 2.05. The molecule has 1 heterocycles. The molecule has 0 aliphatic rings. The first-order chi connectivity index (χ1) is 6.34. The Kier molecular flexibility index (Phi) is 3.60. The molecule has 0 saturated heterocycles. The van der Waals surface area contributed by atoms with Crippen LogP contribution in [-0.4, -0.2) is 16.7 Å². The molecular weight excluding hydrogens is 166 g/mol. The van der Waals surface area contributed by atoms with Gasteiger partial charge in [-0.25, -0.2) is 0 Å². The topological polar surface area (TPSA) is 77.4 Å². The van der Waals surface area contributed by atoms with Crippen molar-refractivity contribution in [3.05, 3.63) is 34.0 Å². The molecule has 1 rings (SSSR count). The Labute approximate surface area is 76.1 Å². The summed E-state index contributed by atoms with van der Waals surface area (Å²) < 4.78 is 0. The van der Waals surface area contributed by atoms with Crippen molar-refractivity contribution in [3.8, 4) is 0 Å². The first-order valence-electron chi connectivity index (χ1n) is 4.02. The van der Waals surface area contributed by atoms with Crippen LogP contribution in [0, 0.1) is 6.92 Å². The molecule has 0 fully saturated rings. The lowest BCUT2D eigenvalue weighted by Gasteiger charge is -1.87. The standard InChI is InChI=1S/C8H11N5/c1-7-8(6-11-12-7)4-2-3-5-10-13-9/h2,4,6H,3,5H2,1H3,(H,11,12). The molecule has 68 valence electrons. The van der Waals surface area contributed by atoms with Gasteiger partial charge < -0.3 is 0 Å². The number of hydrogen-bond acceptors (Lipinski definition) is 2. The molecule has 0 unspecified atom stereocenters. The fourth-order valence-corrected chi connectivity index (χ4v) is 0.915. The van der Waals surface area contributed by atoms with Crippen molar-refractivity contribution < 1.29 is 0 Å². The van der Waals surface area contributed by atoms with E-state index in [1.54, 1.807) is 6.20 Å². The summed E-state index contributed by atoms with van der Waals surface area (Å²) in [5.74, 6) is 0. The van der Waals surface area contributed by atoms with E-state index in [1.807, 2.05) is 19.1 Å². The third-order valence-electron chi connectivity index (χ3n) is 1.63. The van der Waals surface area contributed by atoms with Gasteiger partial charge in [0.1, 0.15) is 0 Å². The Morgan fingerprint density at radius 2 is 2.62 bits per heavy atom. The van der Waals surface area contributed by atoms with Gasteiger partial charge in [-0.1, -0.05) is 17.3 Å². The zero-order valence-electron chi connectivity index (χ0n) is 7.44. The minimum Gasteiger partial charge on any atom is -0.282 e. The smallest absolute Gasteiger partial charge is 0.0562 e. The minimum absolute atomic E-state index is 0.504. The third kappa shape index (κ3) is 3.01. The monoisotopic (exact) mass is 177 g/mol. The molecule has 0 radical (unpaired) electrons. The maximum Gasteiger partial charge on any atom is 0.0562 e. The predicted molar refractivity (Wildman–Crippen MR) is 51.0 cm³/mol. The third-order valence-corrected chi connectivity index (χ3v) is 1.63. The molecule has 1 aromatic heterocycles. The summed E-state index contributed by atoms with van der Waals surface area (Å²) in [6.45, 7) is 2.46. The van der Waals surface area contributed by atoms with Crippen LogP contribution in [0.4, 0.5) is 0 Å². The number of azide groups is 1. The fourth-order valence-electron chi connectivity index (χ4n) is 0.915. The van der Waals surface area contributed by atoms with Gasteiger partial charge in [-0.05, 0) is 18.9 Å². The van der Waals surface area contributed by atoms with Crippen molar-refractivity contribution in [2.75, 3.05) is 6.54 Å². The van der Waals surface area contributed by atoms with E-state index in [1.165, 1.54) is 0 Å². The normalized spacial score (nSPS) is 10.2. The largest absolute Gasteiger partial charge is 0.282 e. The van der Waals surface area contributed by atoms with Gasteiger partial charge in [0.05, 0.1) is 6.20 Å². The quantitative estimate of drug-likeness (QED) is 0.326. The van der Waals surface area contributed by atoms with Crippen LogP contribution in [0.3, 0.4) is 0 Å². The van der Waals surface area contributed by atoms with Crippen LogP contribution in [-0.2, 0) is 0 Å². The van der Waals surface area contributed by atoms with Crippen LogP contribution >= 0.6 is 0 Å². The maximum atomic E-state index is 8.01. The first kappa shape index (κ1) is 9.35. The Morgan fingerprint density at radius 3 is 3.23 bits per heavy atom. The fraction of sp³-hybridized carbons (Fsp3) is 0.375. The van der Waals surface area contributed by atoms with E-state index in [4.69, 9.17) is 5.53 Å². The SMILES string of the molecule is Cc1[nH]ncc1C=CCCN=[N+]=[N-]. The molecule has 0 amide bonds. The van der Waals surface area contributed by atoms with E-state index in [0.29, 0.717) is 6.54 Å². The lowest BCUT2D eigenvalue weighted by atomic mass is 10.2. The lowest BCUT2D eigenvalue weighted by Crippen LogP contribution is -1.75. The van der Waals surface area contributed by atoms with Gasteiger partial charge in [-0.15, -0.1) is 0 Å². The van der Waals surface area contributed by atoms with Crippen LogP contribution in [0.1, 0.15) is 17.7 Å². The van der Waals surface area contributed by atoms with Gasteiger partial charge in [-0.2, -0.15) is 5.10 Å². The first-order valence-corrected chi connectivity index (χ1v) is 4.02. The Morgan fingerprint density at radius 1 is 1.77 bits per heavy atom. The number of hydrogen-bond donors (Lipinski definition) is 1. The predicted octanol–water partition coefficient (Wildman–Crippen LogP) is 2.43. The van der Waals surface area contributed by atoms with Crippen LogP contribution in [0.5, 0.6) is 0 Å². The minimum atomic E-state index is 0.504. The number of rotatable bonds is 4. The number of aryl methyl sites for hydroxylation is 1. The van der Waals surface area contributed by atoms with Crippen molar-refractivity contribution >= 4 is 6.08 Å². The summed E-state index contributed by atoms with van der Waals surface area (Å²) >= 11 is 0. The summed E-state index contributed by atoms with van der Waals surface area (Å²) in [6.07, 6.45) is 6.45. The van der Waals surface area contributed by atoms with Crippen molar-refractivity contribution in [2.45, 2.75) is 13.3 Å². The number of aromatic amines is 1. The van der Waals surface area contributed by atoms with E-state index in [2.05, 4.69) is 20.2 Å². The molecule has 0 spiro atoms. The molecule has 0 atom stereocenters. The summed E-state index contributed by atoms with van der Waals surface area (Å²) in [4.78, 5) is 2.66. The second-order valence-corrected chi connectivity index (χ2v) is 2.60. The van der Waals surface area contributed by atoms with Crippen LogP contribution < -0.4 is 0 Å². The Bertz CT molecular complexity index is 332. The van der Waals surface area contributed by atoms with Crippen molar-refractivity contribution in [1.29, 1.82) is 0 Å². The van der Waals surface area contributed by atoms with Crippen LogP contribution in [0.25, 0.3) is 16.5 Å². The molecule has 0 saturated carbocycles. The Balaban J connectivity index is 2.40. The van der Waals surface area contributed by atoms with E-state index >= 15 is 0 Å². The van der Waals surface area contributed by atoms with Crippen molar-refractivity contribution in [3.63, 3.8) is 0 Å². The molecule has 0 aliphatic carbocycles. The molecule has 1 aromatic rings. The average molecular weight is 177 g/mol. The van der Waals surface area contributed by atoms with E-state index in [9.17, 15) is 0 Å². The molecule has 0 aliphatic heterocycles. The van der Waals surface area contributed by atoms with Gasteiger partial charge in [0, 0.05) is 22.7 Å². The highest BCUT2D eigenvalue weighted by molar-refractivity contribution is 5.50. The van der Waals surface area contributed by atoms with E-state index in [0.717, 1.165) is 17.7 Å². The second kappa shape index (κ2) is 5.00. The average Bonchev–Trinajstić information content (AvgIpc) is 2.52. The van der Waals surface area contributed by atoms with E-state index < -0.39 is 0 Å². The molecule has 0 bridgehead atoms. The van der Waals surface area contributed by atoms with Crippen molar-refractivity contribution in [1.82, 2.24) is 10.2 Å². The highest BCUT2D eigenvalue weighted by Gasteiger charge is 1.92. The molecule has 1 N–H and O–H groups in total. The number of nitrogens with zero attached hydrogens (tertiary/aromatic N) is 4. The van der Waals surface area contributed by atoms with Crippen LogP contribution in [0.15, 0.2) is 17.4 Å². The molecule has 13 heavy (non-hydrogen) atoms. The molecular formula is C8H11N5. The van der Waals surface area contributed by atoms with E-state index in [-0.39, 0.29) is 0 Å². The van der Waals surface area contributed by atoms with Gasteiger partial charge in [-0.3, -0.25) is 5.10 Å². The molecule has 5 nitrogen and oxygen atoms in total.